The van der Waals surface area contributed by atoms with E-state index in [9.17, 15) is 8.42 Å². The fourth-order valence-electron chi connectivity index (χ4n) is 2.82. The standard InChI is InChI=1S/C19H21ClN4O2S/c1-3-4-12-24(27(25,26)16-8-6-5-7-9-16)18-11-10-15(20)13-17(18)19-22-21-14-23(19)2/h5-11,13-14H,3-4,12H2,1-2H3. The van der Waals surface area contributed by atoms with Crippen molar-refractivity contribution in [1.82, 2.24) is 14.8 Å². The van der Waals surface area contributed by atoms with Crippen molar-refractivity contribution >= 4 is 27.3 Å². The molecule has 0 fully saturated rings. The van der Waals surface area contributed by atoms with Gasteiger partial charge in [-0.2, -0.15) is 0 Å². The quantitative estimate of drug-likeness (QED) is 0.593. The molecule has 0 atom stereocenters. The van der Waals surface area contributed by atoms with E-state index < -0.39 is 10.0 Å². The number of hydrogen-bond donors (Lipinski definition) is 0. The number of unbranched alkanes of at least 4 members (excludes halogenated alkanes) is 1. The van der Waals surface area contributed by atoms with Crippen LogP contribution >= 0.6 is 11.6 Å². The monoisotopic (exact) mass is 404 g/mol. The molecule has 0 aliphatic heterocycles. The molecule has 8 heteroatoms. The fraction of sp³-hybridized carbons (Fsp3) is 0.263. The second kappa shape index (κ2) is 8.10. The number of benzene rings is 2. The summed E-state index contributed by atoms with van der Waals surface area (Å²) in [5, 5.41) is 8.55. The molecular formula is C19H21ClN4O2S. The van der Waals surface area contributed by atoms with E-state index in [0.717, 1.165) is 12.8 Å². The second-order valence-electron chi connectivity index (χ2n) is 6.17. The van der Waals surface area contributed by atoms with Crippen LogP contribution in [0.1, 0.15) is 19.8 Å². The van der Waals surface area contributed by atoms with Crippen molar-refractivity contribution in [2.24, 2.45) is 7.05 Å². The number of halogens is 1. The van der Waals surface area contributed by atoms with E-state index in [-0.39, 0.29) is 4.90 Å². The SMILES string of the molecule is CCCCN(c1ccc(Cl)cc1-c1nncn1C)S(=O)(=O)c1ccccc1. The van der Waals surface area contributed by atoms with Gasteiger partial charge in [-0.3, -0.25) is 4.31 Å². The smallest absolute Gasteiger partial charge is 0.264 e. The van der Waals surface area contributed by atoms with Crippen molar-refractivity contribution in [2.75, 3.05) is 10.8 Å². The van der Waals surface area contributed by atoms with E-state index in [1.54, 1.807) is 59.4 Å². The van der Waals surface area contributed by atoms with Crippen LogP contribution in [0.25, 0.3) is 11.4 Å². The Bertz CT molecular complexity index is 1020. The second-order valence-corrected chi connectivity index (χ2v) is 8.47. The third kappa shape index (κ3) is 3.99. The van der Waals surface area contributed by atoms with Crippen LogP contribution in [0, 0.1) is 0 Å². The van der Waals surface area contributed by atoms with Crippen LogP contribution in [0.2, 0.25) is 5.02 Å². The predicted molar refractivity (Wildman–Crippen MR) is 107 cm³/mol. The van der Waals surface area contributed by atoms with E-state index in [4.69, 9.17) is 11.6 Å². The lowest BCUT2D eigenvalue weighted by molar-refractivity contribution is 0.588. The average molecular weight is 405 g/mol. The molecule has 1 aromatic heterocycles. The molecule has 3 aromatic rings. The van der Waals surface area contributed by atoms with Crippen LogP contribution in [-0.2, 0) is 17.1 Å². The van der Waals surface area contributed by atoms with Gasteiger partial charge in [0.2, 0.25) is 0 Å². The summed E-state index contributed by atoms with van der Waals surface area (Å²) < 4.78 is 29.9. The molecule has 27 heavy (non-hydrogen) atoms. The van der Waals surface area contributed by atoms with Crippen molar-refractivity contribution in [2.45, 2.75) is 24.7 Å². The third-order valence-corrected chi connectivity index (χ3v) is 6.29. The molecule has 0 amide bonds. The van der Waals surface area contributed by atoms with E-state index in [1.165, 1.54) is 4.31 Å². The van der Waals surface area contributed by atoms with Crippen LogP contribution in [0.5, 0.6) is 0 Å². The van der Waals surface area contributed by atoms with Gasteiger partial charge in [0.25, 0.3) is 10.0 Å². The first-order valence-electron chi connectivity index (χ1n) is 8.67. The van der Waals surface area contributed by atoms with Crippen LogP contribution in [-0.4, -0.2) is 29.7 Å². The number of nitrogens with zero attached hydrogens (tertiary/aromatic N) is 4. The van der Waals surface area contributed by atoms with E-state index in [1.807, 2.05) is 14.0 Å². The van der Waals surface area contributed by atoms with Gasteiger partial charge >= 0.3 is 0 Å². The predicted octanol–water partition coefficient (Wildman–Crippen LogP) is 4.13. The topological polar surface area (TPSA) is 68.1 Å². The molecule has 0 aliphatic carbocycles. The molecule has 0 radical (unpaired) electrons. The van der Waals surface area contributed by atoms with Gasteiger partial charge in [0, 0.05) is 24.2 Å². The van der Waals surface area contributed by atoms with Gasteiger partial charge in [-0.1, -0.05) is 43.1 Å². The highest BCUT2D eigenvalue weighted by Crippen LogP contribution is 2.35. The Labute approximate surface area is 164 Å². The maximum atomic E-state index is 13.4. The highest BCUT2D eigenvalue weighted by atomic mass is 35.5. The summed E-state index contributed by atoms with van der Waals surface area (Å²) in [5.41, 5.74) is 1.16. The maximum Gasteiger partial charge on any atom is 0.264 e. The van der Waals surface area contributed by atoms with Crippen LogP contribution in [0.4, 0.5) is 5.69 Å². The van der Waals surface area contributed by atoms with Crippen molar-refractivity contribution in [3.63, 3.8) is 0 Å². The van der Waals surface area contributed by atoms with Gasteiger partial charge in [-0.25, -0.2) is 8.42 Å². The molecular weight excluding hydrogens is 384 g/mol. The molecule has 3 rings (SSSR count). The lowest BCUT2D eigenvalue weighted by Crippen LogP contribution is -2.32. The molecule has 2 aromatic carbocycles. The first kappa shape index (κ1) is 19.4. The molecule has 0 saturated carbocycles. The van der Waals surface area contributed by atoms with Gasteiger partial charge in [-0.15, -0.1) is 10.2 Å². The molecule has 1 heterocycles. The Morgan fingerprint density at radius 3 is 2.52 bits per heavy atom. The van der Waals surface area contributed by atoms with E-state index in [0.29, 0.717) is 28.6 Å². The van der Waals surface area contributed by atoms with E-state index >= 15 is 0 Å². The van der Waals surface area contributed by atoms with Crippen molar-refractivity contribution in [1.29, 1.82) is 0 Å². The third-order valence-electron chi connectivity index (χ3n) is 4.23. The summed E-state index contributed by atoms with van der Waals surface area (Å²) in [6, 6.07) is 13.6. The van der Waals surface area contributed by atoms with Gasteiger partial charge in [-0.05, 0) is 36.8 Å². The molecule has 0 aliphatic rings. The largest absolute Gasteiger partial charge is 0.317 e. The minimum atomic E-state index is -3.73. The van der Waals surface area contributed by atoms with Gasteiger partial charge in [0.15, 0.2) is 5.82 Å². The molecule has 0 spiro atoms. The summed E-state index contributed by atoms with van der Waals surface area (Å²) in [4.78, 5) is 0.250. The number of hydrogen-bond acceptors (Lipinski definition) is 4. The number of aryl methyl sites for hydroxylation is 1. The Morgan fingerprint density at radius 1 is 1.15 bits per heavy atom. The molecule has 0 N–H and O–H groups in total. The van der Waals surface area contributed by atoms with Crippen LogP contribution in [0.3, 0.4) is 0 Å². The van der Waals surface area contributed by atoms with Gasteiger partial charge < -0.3 is 4.57 Å². The van der Waals surface area contributed by atoms with E-state index in [2.05, 4.69) is 10.2 Å². The number of rotatable bonds is 7. The summed E-state index contributed by atoms with van der Waals surface area (Å²) in [5.74, 6) is 0.553. The Balaban J connectivity index is 2.19. The van der Waals surface area contributed by atoms with Gasteiger partial charge in [0.1, 0.15) is 6.33 Å². The molecule has 0 bridgehead atoms. The molecule has 0 unspecified atom stereocenters. The van der Waals surface area contributed by atoms with Gasteiger partial charge in [0.05, 0.1) is 10.6 Å². The lowest BCUT2D eigenvalue weighted by Gasteiger charge is -2.26. The summed E-state index contributed by atoms with van der Waals surface area (Å²) in [7, 11) is -1.93. The Hall–Kier alpha value is -2.38. The molecule has 142 valence electrons. The highest BCUT2D eigenvalue weighted by Gasteiger charge is 2.27. The minimum Gasteiger partial charge on any atom is -0.317 e. The number of aromatic nitrogens is 3. The lowest BCUT2D eigenvalue weighted by atomic mass is 10.1. The molecule has 6 nitrogen and oxygen atoms in total. The zero-order valence-corrected chi connectivity index (χ0v) is 16.8. The number of anilines is 1. The first-order chi connectivity index (χ1) is 12.9. The Kier molecular flexibility index (Phi) is 5.82. The molecule has 0 saturated heterocycles. The van der Waals surface area contributed by atoms with Crippen molar-refractivity contribution < 1.29 is 8.42 Å². The number of sulfonamides is 1. The normalized spacial score (nSPS) is 11.5. The maximum absolute atomic E-state index is 13.4. The minimum absolute atomic E-state index is 0.250. The highest BCUT2D eigenvalue weighted by molar-refractivity contribution is 7.92. The van der Waals surface area contributed by atoms with Crippen molar-refractivity contribution in [3.05, 3.63) is 59.9 Å². The van der Waals surface area contributed by atoms with Crippen molar-refractivity contribution in [3.8, 4) is 11.4 Å². The van der Waals surface area contributed by atoms with Crippen LogP contribution < -0.4 is 4.31 Å². The van der Waals surface area contributed by atoms with Crippen LogP contribution in [0.15, 0.2) is 59.8 Å². The average Bonchev–Trinajstić information content (AvgIpc) is 3.09. The fourth-order valence-corrected chi connectivity index (χ4v) is 4.54. The zero-order valence-electron chi connectivity index (χ0n) is 15.2. The first-order valence-corrected chi connectivity index (χ1v) is 10.5. The zero-order chi connectivity index (χ0) is 19.4. The summed E-state index contributed by atoms with van der Waals surface area (Å²) in [6.07, 6.45) is 3.17. The summed E-state index contributed by atoms with van der Waals surface area (Å²) in [6.45, 7) is 2.39. The summed E-state index contributed by atoms with van der Waals surface area (Å²) >= 11 is 6.20. The Morgan fingerprint density at radius 2 is 1.89 bits per heavy atom.